The number of carbonyl (C=O) groups is 1. The van der Waals surface area contributed by atoms with Crippen molar-refractivity contribution in [3.63, 3.8) is 0 Å². The Morgan fingerprint density at radius 1 is 1.21 bits per heavy atom. The Morgan fingerprint density at radius 2 is 1.96 bits per heavy atom. The Kier molecular flexibility index (Phi) is 5.15. The summed E-state index contributed by atoms with van der Waals surface area (Å²) in [6, 6.07) is 14.3. The summed E-state index contributed by atoms with van der Waals surface area (Å²) in [5, 5.41) is 0.674. The fraction of sp³-hybridized carbons (Fsp3) is 0.222. The Labute approximate surface area is 143 Å². The van der Waals surface area contributed by atoms with Crippen LogP contribution in [0.1, 0.15) is 12.5 Å². The van der Waals surface area contributed by atoms with Crippen molar-refractivity contribution in [3.8, 4) is 0 Å². The van der Waals surface area contributed by atoms with Crippen LogP contribution in [0.3, 0.4) is 0 Å². The fourth-order valence-corrected chi connectivity index (χ4v) is 3.25. The highest BCUT2D eigenvalue weighted by Gasteiger charge is 2.14. The van der Waals surface area contributed by atoms with Crippen molar-refractivity contribution in [1.29, 1.82) is 0 Å². The van der Waals surface area contributed by atoms with Crippen LogP contribution in [0.2, 0.25) is 0 Å². The van der Waals surface area contributed by atoms with Gasteiger partial charge in [-0.25, -0.2) is 9.37 Å². The third-order valence-corrected chi connectivity index (χ3v) is 4.48. The van der Waals surface area contributed by atoms with Gasteiger partial charge in [-0.3, -0.25) is 4.79 Å². The predicted molar refractivity (Wildman–Crippen MR) is 92.6 cm³/mol. The lowest BCUT2D eigenvalue weighted by atomic mass is 10.2. The highest BCUT2D eigenvalue weighted by molar-refractivity contribution is 7.99. The molecule has 0 saturated heterocycles. The van der Waals surface area contributed by atoms with Crippen molar-refractivity contribution >= 4 is 28.8 Å². The lowest BCUT2D eigenvalue weighted by Gasteiger charge is -2.09. The minimum atomic E-state index is -0.285. The molecule has 6 heteroatoms. The Bertz CT molecular complexity index is 863. The molecular formula is C18H17FN2O2S. The second kappa shape index (κ2) is 7.49. The fourth-order valence-electron chi connectivity index (χ4n) is 2.44. The van der Waals surface area contributed by atoms with Gasteiger partial charge in [0.25, 0.3) is 0 Å². The minimum absolute atomic E-state index is 0.175. The van der Waals surface area contributed by atoms with Crippen LogP contribution >= 0.6 is 11.8 Å². The van der Waals surface area contributed by atoms with Gasteiger partial charge in [-0.2, -0.15) is 0 Å². The summed E-state index contributed by atoms with van der Waals surface area (Å²) in [7, 11) is 0. The number of benzene rings is 2. The first kappa shape index (κ1) is 16.5. The van der Waals surface area contributed by atoms with Gasteiger partial charge in [-0.05, 0) is 25.1 Å². The second-order valence-electron chi connectivity index (χ2n) is 5.15. The SMILES string of the molecule is CCOC(=O)CSc1nc2ccccc2n1Cc1ccccc1F. The maximum Gasteiger partial charge on any atom is 0.316 e. The van der Waals surface area contributed by atoms with Crippen molar-refractivity contribution in [2.24, 2.45) is 0 Å². The quantitative estimate of drug-likeness (QED) is 0.503. The highest BCUT2D eigenvalue weighted by Crippen LogP contribution is 2.25. The number of thioether (sulfide) groups is 1. The maximum atomic E-state index is 14.0. The molecule has 4 nitrogen and oxygen atoms in total. The number of rotatable bonds is 6. The van der Waals surface area contributed by atoms with Crippen molar-refractivity contribution in [3.05, 3.63) is 59.9 Å². The van der Waals surface area contributed by atoms with Gasteiger partial charge in [0.2, 0.25) is 0 Å². The van der Waals surface area contributed by atoms with Crippen LogP contribution in [-0.2, 0) is 16.1 Å². The zero-order chi connectivity index (χ0) is 16.9. The van der Waals surface area contributed by atoms with Crippen LogP contribution in [0, 0.1) is 5.82 Å². The van der Waals surface area contributed by atoms with Crippen molar-refractivity contribution in [1.82, 2.24) is 9.55 Å². The average molecular weight is 344 g/mol. The largest absolute Gasteiger partial charge is 0.465 e. The topological polar surface area (TPSA) is 44.1 Å². The zero-order valence-electron chi connectivity index (χ0n) is 13.2. The van der Waals surface area contributed by atoms with E-state index < -0.39 is 0 Å². The van der Waals surface area contributed by atoms with E-state index >= 15 is 0 Å². The molecule has 0 spiro atoms. The maximum absolute atomic E-state index is 14.0. The van der Waals surface area contributed by atoms with Crippen molar-refractivity contribution in [2.45, 2.75) is 18.6 Å². The van der Waals surface area contributed by atoms with Gasteiger partial charge in [0.15, 0.2) is 5.16 Å². The summed E-state index contributed by atoms with van der Waals surface area (Å²) < 4.78 is 20.9. The average Bonchev–Trinajstić information content (AvgIpc) is 2.93. The number of hydrogen-bond acceptors (Lipinski definition) is 4. The van der Waals surface area contributed by atoms with Gasteiger partial charge < -0.3 is 9.30 Å². The number of fused-ring (bicyclic) bond motifs is 1. The first-order valence-corrected chi connectivity index (χ1v) is 8.64. The van der Waals surface area contributed by atoms with Crippen LogP contribution in [-0.4, -0.2) is 27.9 Å². The molecule has 0 aliphatic carbocycles. The lowest BCUT2D eigenvalue weighted by Crippen LogP contribution is -2.09. The first-order chi connectivity index (χ1) is 11.7. The summed E-state index contributed by atoms with van der Waals surface area (Å²) in [6.45, 7) is 2.49. The number of para-hydroxylation sites is 2. The van der Waals surface area contributed by atoms with Gasteiger partial charge in [0.1, 0.15) is 5.82 Å². The van der Waals surface area contributed by atoms with E-state index in [0.29, 0.717) is 23.9 Å². The predicted octanol–water partition coefficient (Wildman–Crippen LogP) is 3.88. The Hall–Kier alpha value is -2.34. The molecule has 0 fully saturated rings. The van der Waals surface area contributed by atoms with Gasteiger partial charge in [-0.15, -0.1) is 0 Å². The molecule has 1 aromatic heterocycles. The molecule has 1 heterocycles. The van der Waals surface area contributed by atoms with Gasteiger partial charge in [-0.1, -0.05) is 42.1 Å². The highest BCUT2D eigenvalue weighted by atomic mass is 32.2. The third kappa shape index (κ3) is 3.59. The van der Waals surface area contributed by atoms with Gasteiger partial charge in [0.05, 0.1) is 29.9 Å². The molecule has 0 amide bonds. The van der Waals surface area contributed by atoms with Crippen LogP contribution in [0.4, 0.5) is 4.39 Å². The molecule has 0 N–H and O–H groups in total. The number of ether oxygens (including phenoxy) is 1. The summed E-state index contributed by atoms with van der Waals surface area (Å²) in [4.78, 5) is 16.2. The minimum Gasteiger partial charge on any atom is -0.465 e. The van der Waals surface area contributed by atoms with E-state index in [1.807, 2.05) is 34.9 Å². The molecule has 24 heavy (non-hydrogen) atoms. The summed E-state index contributed by atoms with van der Waals surface area (Å²) in [5.74, 6) is -0.363. The van der Waals surface area contributed by atoms with Crippen LogP contribution in [0.15, 0.2) is 53.7 Å². The first-order valence-electron chi connectivity index (χ1n) is 7.66. The summed E-state index contributed by atoms with van der Waals surface area (Å²) in [6.07, 6.45) is 0. The standard InChI is InChI=1S/C18H17FN2O2S/c1-2-23-17(22)12-24-18-20-15-9-5-6-10-16(15)21(18)11-13-7-3-4-8-14(13)19/h3-10H,2,11-12H2,1H3. The van der Waals surface area contributed by atoms with Crippen LogP contribution < -0.4 is 0 Å². The number of halogens is 1. The van der Waals surface area contributed by atoms with E-state index in [2.05, 4.69) is 4.98 Å². The number of esters is 1. The third-order valence-electron chi connectivity index (χ3n) is 3.53. The van der Waals surface area contributed by atoms with Crippen molar-refractivity contribution < 1.29 is 13.9 Å². The Morgan fingerprint density at radius 3 is 2.75 bits per heavy atom. The van der Waals surface area contributed by atoms with Gasteiger partial charge in [0, 0.05) is 5.56 Å². The molecule has 2 aromatic carbocycles. The molecule has 3 aromatic rings. The Balaban J connectivity index is 1.93. The van der Waals surface area contributed by atoms with E-state index in [4.69, 9.17) is 4.74 Å². The van der Waals surface area contributed by atoms with Crippen LogP contribution in [0.25, 0.3) is 11.0 Å². The normalized spacial score (nSPS) is 10.9. The van der Waals surface area contributed by atoms with E-state index in [1.54, 1.807) is 19.1 Å². The molecule has 0 aliphatic rings. The van der Waals surface area contributed by atoms with E-state index in [1.165, 1.54) is 17.8 Å². The summed E-state index contributed by atoms with van der Waals surface area (Å²) in [5.41, 5.74) is 2.31. The molecule has 0 aliphatic heterocycles. The van der Waals surface area contributed by atoms with E-state index in [9.17, 15) is 9.18 Å². The number of aromatic nitrogens is 2. The van der Waals surface area contributed by atoms with E-state index in [0.717, 1.165) is 11.0 Å². The lowest BCUT2D eigenvalue weighted by molar-refractivity contribution is -0.139. The number of nitrogens with zero attached hydrogens (tertiary/aromatic N) is 2. The summed E-state index contributed by atoms with van der Waals surface area (Å²) >= 11 is 1.30. The molecule has 3 rings (SSSR count). The molecule has 124 valence electrons. The smallest absolute Gasteiger partial charge is 0.316 e. The molecule has 0 bridgehead atoms. The molecular weight excluding hydrogens is 327 g/mol. The van der Waals surface area contributed by atoms with Crippen molar-refractivity contribution in [2.75, 3.05) is 12.4 Å². The molecule has 0 atom stereocenters. The zero-order valence-corrected chi connectivity index (χ0v) is 14.1. The van der Waals surface area contributed by atoms with Crippen LogP contribution in [0.5, 0.6) is 0 Å². The number of imidazole rings is 1. The van der Waals surface area contributed by atoms with E-state index in [-0.39, 0.29) is 17.5 Å². The number of carbonyl (C=O) groups excluding carboxylic acids is 1. The second-order valence-corrected chi connectivity index (χ2v) is 6.10. The number of hydrogen-bond donors (Lipinski definition) is 0. The van der Waals surface area contributed by atoms with Gasteiger partial charge >= 0.3 is 5.97 Å². The monoisotopic (exact) mass is 344 g/mol. The molecule has 0 saturated carbocycles. The molecule has 0 radical (unpaired) electrons. The molecule has 0 unspecified atom stereocenters.